The number of esters is 1. The summed E-state index contributed by atoms with van der Waals surface area (Å²) in [6.45, 7) is 7.71. The predicted molar refractivity (Wildman–Crippen MR) is 188 cm³/mol. The third kappa shape index (κ3) is 6.94. The fourth-order valence-electron chi connectivity index (χ4n) is 5.52. The highest BCUT2D eigenvalue weighted by molar-refractivity contribution is 7.99. The van der Waals surface area contributed by atoms with Crippen LogP contribution in [0.3, 0.4) is 0 Å². The lowest BCUT2D eigenvalue weighted by atomic mass is 9.91. The third-order valence-corrected chi connectivity index (χ3v) is 9.80. The number of non-ortho nitro benzene ring substituents is 1. The number of nitrogens with zero attached hydrogens (tertiary/aromatic N) is 4. The molecule has 0 aliphatic carbocycles. The molecule has 0 radical (unpaired) electrons. The van der Waals surface area contributed by atoms with E-state index in [9.17, 15) is 24.5 Å². The number of aromatic amines is 1. The highest BCUT2D eigenvalue weighted by Crippen LogP contribution is 2.36. The van der Waals surface area contributed by atoms with Gasteiger partial charge < -0.3 is 9.72 Å². The molecule has 1 aliphatic rings. The van der Waals surface area contributed by atoms with E-state index >= 15 is 0 Å². The summed E-state index contributed by atoms with van der Waals surface area (Å²) in [5, 5.41) is 12.1. The molecule has 49 heavy (non-hydrogen) atoms. The number of ether oxygens (including phenoxy) is 1. The first-order chi connectivity index (χ1) is 23.5. The molecule has 0 fully saturated rings. The Bertz CT molecular complexity index is 2360. The highest BCUT2D eigenvalue weighted by atomic mass is 32.2. The number of nitro benzene ring substituents is 1. The van der Waals surface area contributed by atoms with Gasteiger partial charge in [-0.3, -0.25) is 24.3 Å². The van der Waals surface area contributed by atoms with E-state index in [0.29, 0.717) is 42.9 Å². The van der Waals surface area contributed by atoms with Crippen molar-refractivity contribution in [2.24, 2.45) is 4.99 Å². The second-order valence-electron chi connectivity index (χ2n) is 11.5. The van der Waals surface area contributed by atoms with E-state index in [0.717, 1.165) is 28.7 Å². The van der Waals surface area contributed by atoms with Crippen molar-refractivity contribution in [3.05, 3.63) is 153 Å². The average Bonchev–Trinajstić information content (AvgIpc) is 3.38. The van der Waals surface area contributed by atoms with Crippen LogP contribution in [0, 0.1) is 17.0 Å². The molecule has 0 saturated heterocycles. The van der Waals surface area contributed by atoms with E-state index in [1.807, 2.05) is 54.6 Å². The lowest BCUT2D eigenvalue weighted by Gasteiger charge is -2.26. The number of aromatic nitrogens is 3. The van der Waals surface area contributed by atoms with Gasteiger partial charge in [0.25, 0.3) is 16.8 Å². The van der Waals surface area contributed by atoms with Crippen LogP contribution < -0.4 is 20.5 Å². The lowest BCUT2D eigenvalue weighted by Crippen LogP contribution is -2.40. The molecule has 0 unspecified atom stereocenters. The number of hydrogen-bond donors (Lipinski definition) is 1. The summed E-state index contributed by atoms with van der Waals surface area (Å²) in [6, 6.07) is 21.8. The maximum atomic E-state index is 14.4. The summed E-state index contributed by atoms with van der Waals surface area (Å²) >= 11 is 2.23. The molecule has 3 heterocycles. The molecule has 5 aromatic rings. The Morgan fingerprint density at radius 2 is 1.84 bits per heavy atom. The maximum absolute atomic E-state index is 14.4. The van der Waals surface area contributed by atoms with Gasteiger partial charge in [0.2, 0.25) is 0 Å². The van der Waals surface area contributed by atoms with Gasteiger partial charge in [-0.2, -0.15) is 0 Å². The van der Waals surface area contributed by atoms with Gasteiger partial charge in [0.15, 0.2) is 9.96 Å². The van der Waals surface area contributed by atoms with E-state index < -0.39 is 22.5 Å². The molecule has 1 N–H and O–H groups in total. The molecule has 11 nitrogen and oxygen atoms in total. The molecule has 0 spiro atoms. The number of nitrogens with one attached hydrogen (secondary N) is 1. The first-order valence-corrected chi connectivity index (χ1v) is 17.1. The molecule has 1 atom stereocenters. The SMILES string of the molecule is CCOC(=O)C1=C(c2ccccc2)N=c2s/c(=C/c3cc([N+](=O)[O-])ccc3Sc3nc(C)cc(=O)[nH]3)c(=O)n2[C@H]1c1ccc(C(C)C)cc1. The smallest absolute Gasteiger partial charge is 0.338 e. The Morgan fingerprint density at radius 1 is 1.10 bits per heavy atom. The number of nitro groups is 1. The molecule has 13 heteroatoms. The van der Waals surface area contributed by atoms with Crippen molar-refractivity contribution in [2.75, 3.05) is 6.61 Å². The van der Waals surface area contributed by atoms with Gasteiger partial charge in [-0.05, 0) is 48.6 Å². The monoisotopic (exact) mass is 693 g/mol. The molecule has 2 aromatic heterocycles. The summed E-state index contributed by atoms with van der Waals surface area (Å²) in [7, 11) is 0. The van der Waals surface area contributed by atoms with Crippen molar-refractivity contribution in [3.8, 4) is 0 Å². The van der Waals surface area contributed by atoms with Gasteiger partial charge in [-0.25, -0.2) is 14.8 Å². The van der Waals surface area contributed by atoms with Crippen molar-refractivity contribution in [1.82, 2.24) is 14.5 Å². The molecule has 0 bridgehead atoms. The average molecular weight is 694 g/mol. The molecular weight excluding hydrogens is 663 g/mol. The Morgan fingerprint density at radius 3 is 2.49 bits per heavy atom. The zero-order chi connectivity index (χ0) is 34.8. The van der Waals surface area contributed by atoms with Crippen LogP contribution in [0.5, 0.6) is 0 Å². The number of fused-ring (bicyclic) bond motifs is 1. The molecular formula is C36H31N5O6S2. The molecule has 0 amide bonds. The van der Waals surface area contributed by atoms with Crippen LogP contribution in [0.1, 0.15) is 60.7 Å². The van der Waals surface area contributed by atoms with Gasteiger partial charge in [0.05, 0.1) is 33.4 Å². The van der Waals surface area contributed by atoms with Gasteiger partial charge in [-0.1, -0.05) is 91.5 Å². The van der Waals surface area contributed by atoms with Crippen LogP contribution in [-0.2, 0) is 9.53 Å². The van der Waals surface area contributed by atoms with Crippen molar-refractivity contribution in [1.29, 1.82) is 0 Å². The van der Waals surface area contributed by atoms with Gasteiger partial charge in [0, 0.05) is 34.4 Å². The van der Waals surface area contributed by atoms with Crippen molar-refractivity contribution in [2.45, 2.75) is 49.7 Å². The van der Waals surface area contributed by atoms with E-state index in [1.165, 1.54) is 22.8 Å². The van der Waals surface area contributed by atoms with E-state index in [-0.39, 0.29) is 33.9 Å². The number of hydrogen-bond acceptors (Lipinski definition) is 10. The Balaban J connectivity index is 1.61. The van der Waals surface area contributed by atoms with Crippen LogP contribution in [-0.4, -0.2) is 32.0 Å². The minimum atomic E-state index is -0.866. The molecule has 0 saturated carbocycles. The Labute approximate surface area is 288 Å². The van der Waals surface area contributed by atoms with Crippen LogP contribution in [0.15, 0.2) is 109 Å². The van der Waals surface area contributed by atoms with Gasteiger partial charge in [0.1, 0.15) is 0 Å². The number of benzene rings is 3. The molecule has 248 valence electrons. The van der Waals surface area contributed by atoms with E-state index in [4.69, 9.17) is 9.73 Å². The van der Waals surface area contributed by atoms with Gasteiger partial charge >= 0.3 is 5.97 Å². The Kier molecular flexibility index (Phi) is 9.56. The highest BCUT2D eigenvalue weighted by Gasteiger charge is 2.35. The number of carbonyl (C=O) groups is 1. The number of H-pyrrole nitrogens is 1. The van der Waals surface area contributed by atoms with Crippen LogP contribution >= 0.6 is 23.1 Å². The number of aryl methyl sites for hydroxylation is 1. The minimum Gasteiger partial charge on any atom is -0.463 e. The summed E-state index contributed by atoms with van der Waals surface area (Å²) in [4.78, 5) is 64.4. The predicted octanol–water partition coefficient (Wildman–Crippen LogP) is 5.51. The van der Waals surface area contributed by atoms with Crippen molar-refractivity contribution < 1.29 is 14.5 Å². The van der Waals surface area contributed by atoms with E-state index in [2.05, 4.69) is 23.8 Å². The summed E-state index contributed by atoms with van der Waals surface area (Å²) in [6.07, 6.45) is 1.57. The molecule has 3 aromatic carbocycles. The lowest BCUT2D eigenvalue weighted by molar-refractivity contribution is -0.384. The quantitative estimate of drug-likeness (QED) is 0.0920. The molecule has 1 aliphatic heterocycles. The maximum Gasteiger partial charge on any atom is 0.338 e. The Hall–Kier alpha value is -5.40. The van der Waals surface area contributed by atoms with Crippen LogP contribution in [0.25, 0.3) is 11.8 Å². The summed E-state index contributed by atoms with van der Waals surface area (Å²) in [5.41, 5.74) is 3.05. The van der Waals surface area contributed by atoms with Crippen LogP contribution in [0.4, 0.5) is 5.69 Å². The number of thiazole rings is 1. The summed E-state index contributed by atoms with van der Waals surface area (Å²) < 4.78 is 7.29. The topological polar surface area (TPSA) is 150 Å². The normalized spacial score (nSPS) is 14.5. The fourth-order valence-corrected chi connectivity index (χ4v) is 7.43. The van der Waals surface area contributed by atoms with Crippen molar-refractivity contribution in [3.63, 3.8) is 0 Å². The zero-order valence-electron chi connectivity index (χ0n) is 27.0. The second kappa shape index (κ2) is 14.0. The zero-order valence-corrected chi connectivity index (χ0v) is 28.6. The van der Waals surface area contributed by atoms with E-state index in [1.54, 1.807) is 26.0 Å². The standard InChI is InChI=1S/C36H31N5O6S2/c1-5-47-34(44)30-31(23-9-7-6-8-10-23)39-36-40(32(30)24-13-11-22(12-14-24)20(2)3)33(43)28(49-36)19-25-18-26(41(45)46)15-16-27(25)48-35-37-21(4)17-29(42)38-35/h6-20,32H,5H2,1-4H3,(H,37,38,42)/b28-19+/t32-/m0/s1. The fraction of sp³-hybridized carbons (Fsp3) is 0.194. The van der Waals surface area contributed by atoms with Gasteiger partial charge in [-0.15, -0.1) is 0 Å². The molecule has 6 rings (SSSR count). The first-order valence-electron chi connectivity index (χ1n) is 15.5. The minimum absolute atomic E-state index is 0.127. The first kappa shape index (κ1) is 33.5. The largest absolute Gasteiger partial charge is 0.463 e. The third-order valence-electron chi connectivity index (χ3n) is 7.84. The second-order valence-corrected chi connectivity index (χ2v) is 13.6. The number of carbonyl (C=O) groups excluding carboxylic acids is 1. The van der Waals surface area contributed by atoms with Crippen LogP contribution in [0.2, 0.25) is 0 Å². The summed E-state index contributed by atoms with van der Waals surface area (Å²) in [5.74, 6) is -0.319. The number of rotatable bonds is 9. The van der Waals surface area contributed by atoms with Crippen molar-refractivity contribution >= 4 is 46.5 Å².